The van der Waals surface area contributed by atoms with E-state index in [1.165, 1.54) is 11.3 Å². The van der Waals surface area contributed by atoms with Gasteiger partial charge in [-0.05, 0) is 29.3 Å². The molecule has 0 aliphatic carbocycles. The van der Waals surface area contributed by atoms with Crippen LogP contribution in [0.3, 0.4) is 0 Å². The van der Waals surface area contributed by atoms with Gasteiger partial charge < -0.3 is 20.3 Å². The third kappa shape index (κ3) is 4.77. The van der Waals surface area contributed by atoms with E-state index in [1.807, 2.05) is 37.6 Å². The summed E-state index contributed by atoms with van der Waals surface area (Å²) in [7, 11) is 0. The summed E-state index contributed by atoms with van der Waals surface area (Å²) in [6.45, 7) is 7.84. The Labute approximate surface area is 139 Å². The Morgan fingerprint density at radius 3 is 2.78 bits per heavy atom. The van der Waals surface area contributed by atoms with Crippen LogP contribution in [0.5, 0.6) is 0 Å². The molecule has 0 fully saturated rings. The van der Waals surface area contributed by atoms with Crippen molar-refractivity contribution < 1.29 is 14.4 Å². The van der Waals surface area contributed by atoms with Crippen molar-refractivity contribution in [1.29, 1.82) is 0 Å². The van der Waals surface area contributed by atoms with Gasteiger partial charge in [0.05, 0.1) is 6.10 Å². The van der Waals surface area contributed by atoms with Gasteiger partial charge in [0, 0.05) is 12.0 Å². The number of aliphatic hydroxyl groups excluding tert-OH is 1. The Kier molecular flexibility index (Phi) is 5.38. The monoisotopic (exact) mass is 338 g/mol. The number of hydrogen-bond donors (Lipinski definition) is 3. The third-order valence-electron chi connectivity index (χ3n) is 3.21. The standard InChI is InChI=1S/C15H22N4O3S/c1-9(12-18-13(19-22-12)15(2,3)4)17-14(21)16-7-11(20)10-5-6-23-8-10/h5-6,8-9,11,20H,7H2,1-4H3,(H2,16,17,21). The number of aliphatic hydroxyl groups is 1. The van der Waals surface area contributed by atoms with E-state index in [-0.39, 0.29) is 12.0 Å². The number of urea groups is 1. The normalized spacial score (nSPS) is 14.3. The summed E-state index contributed by atoms with van der Waals surface area (Å²) >= 11 is 1.50. The van der Waals surface area contributed by atoms with Crippen LogP contribution in [-0.4, -0.2) is 27.8 Å². The molecule has 2 heterocycles. The predicted octanol–water partition coefficient (Wildman–Crippen LogP) is 2.52. The molecule has 2 aromatic heterocycles. The topological polar surface area (TPSA) is 100 Å². The van der Waals surface area contributed by atoms with Crippen LogP contribution in [0.2, 0.25) is 0 Å². The van der Waals surface area contributed by atoms with Crippen molar-refractivity contribution in [2.24, 2.45) is 0 Å². The van der Waals surface area contributed by atoms with Crippen LogP contribution in [0.15, 0.2) is 21.3 Å². The van der Waals surface area contributed by atoms with E-state index in [9.17, 15) is 9.90 Å². The molecule has 7 nitrogen and oxygen atoms in total. The molecule has 0 spiro atoms. The van der Waals surface area contributed by atoms with Crippen molar-refractivity contribution in [1.82, 2.24) is 20.8 Å². The number of carbonyl (C=O) groups is 1. The lowest BCUT2D eigenvalue weighted by Crippen LogP contribution is -2.39. The first-order chi connectivity index (χ1) is 10.8. The summed E-state index contributed by atoms with van der Waals surface area (Å²) in [6.07, 6.45) is -0.724. The number of hydrogen-bond acceptors (Lipinski definition) is 6. The number of rotatable bonds is 5. The molecule has 0 aromatic carbocycles. The molecule has 0 aliphatic rings. The molecule has 0 saturated carbocycles. The SMILES string of the molecule is CC(NC(=O)NCC(O)c1ccsc1)c1nc(C(C)(C)C)no1. The van der Waals surface area contributed by atoms with Crippen LogP contribution in [0.4, 0.5) is 4.79 Å². The Bertz CT molecular complexity index is 633. The van der Waals surface area contributed by atoms with Gasteiger partial charge in [0.1, 0.15) is 6.04 Å². The van der Waals surface area contributed by atoms with Crippen molar-refractivity contribution in [3.05, 3.63) is 34.1 Å². The zero-order valence-electron chi connectivity index (χ0n) is 13.7. The molecule has 2 rings (SSSR count). The molecule has 0 aliphatic heterocycles. The van der Waals surface area contributed by atoms with Gasteiger partial charge in [-0.3, -0.25) is 0 Å². The number of nitrogens with one attached hydrogen (secondary N) is 2. The highest BCUT2D eigenvalue weighted by atomic mass is 32.1. The van der Waals surface area contributed by atoms with Crippen LogP contribution < -0.4 is 10.6 Å². The van der Waals surface area contributed by atoms with Gasteiger partial charge in [0.25, 0.3) is 0 Å². The first kappa shape index (κ1) is 17.4. The lowest BCUT2D eigenvalue weighted by atomic mass is 9.96. The van der Waals surface area contributed by atoms with Crippen LogP contribution >= 0.6 is 11.3 Å². The third-order valence-corrected chi connectivity index (χ3v) is 3.92. The first-order valence-corrected chi connectivity index (χ1v) is 8.30. The molecular formula is C15H22N4O3S. The second-order valence-electron chi connectivity index (χ2n) is 6.35. The van der Waals surface area contributed by atoms with E-state index in [0.29, 0.717) is 11.7 Å². The minimum atomic E-state index is -0.724. The largest absolute Gasteiger partial charge is 0.387 e. The molecule has 2 aromatic rings. The molecular weight excluding hydrogens is 316 g/mol. The van der Waals surface area contributed by atoms with E-state index >= 15 is 0 Å². The van der Waals surface area contributed by atoms with E-state index in [2.05, 4.69) is 20.8 Å². The molecule has 126 valence electrons. The summed E-state index contributed by atoms with van der Waals surface area (Å²) in [5, 5.41) is 22.9. The quantitative estimate of drug-likeness (QED) is 0.778. The van der Waals surface area contributed by atoms with Gasteiger partial charge in [-0.2, -0.15) is 16.3 Å². The second-order valence-corrected chi connectivity index (χ2v) is 7.13. The molecule has 8 heteroatoms. The number of amides is 2. The lowest BCUT2D eigenvalue weighted by Gasteiger charge is -2.14. The summed E-state index contributed by atoms with van der Waals surface area (Å²) in [4.78, 5) is 16.2. The fourth-order valence-electron chi connectivity index (χ4n) is 1.80. The highest BCUT2D eigenvalue weighted by Gasteiger charge is 2.23. The van der Waals surface area contributed by atoms with Crippen LogP contribution in [-0.2, 0) is 5.41 Å². The highest BCUT2D eigenvalue weighted by Crippen LogP contribution is 2.20. The Balaban J connectivity index is 1.84. The van der Waals surface area contributed by atoms with Crippen molar-refractivity contribution in [2.45, 2.75) is 45.3 Å². The number of carbonyl (C=O) groups excluding carboxylic acids is 1. The molecule has 2 atom stereocenters. The van der Waals surface area contributed by atoms with Gasteiger partial charge in [0.2, 0.25) is 5.89 Å². The van der Waals surface area contributed by atoms with Crippen molar-refractivity contribution in [3.8, 4) is 0 Å². The first-order valence-electron chi connectivity index (χ1n) is 7.36. The zero-order chi connectivity index (χ0) is 17.0. The minimum Gasteiger partial charge on any atom is -0.387 e. The lowest BCUT2D eigenvalue weighted by molar-refractivity contribution is 0.172. The molecule has 0 bridgehead atoms. The maximum Gasteiger partial charge on any atom is 0.315 e. The van der Waals surface area contributed by atoms with Gasteiger partial charge in [-0.1, -0.05) is 25.9 Å². The highest BCUT2D eigenvalue weighted by molar-refractivity contribution is 7.07. The smallest absolute Gasteiger partial charge is 0.315 e. The molecule has 0 radical (unpaired) electrons. The van der Waals surface area contributed by atoms with E-state index in [1.54, 1.807) is 6.92 Å². The van der Waals surface area contributed by atoms with E-state index in [0.717, 1.165) is 5.56 Å². The fraction of sp³-hybridized carbons (Fsp3) is 0.533. The average Bonchev–Trinajstić information content (AvgIpc) is 3.14. The van der Waals surface area contributed by atoms with Crippen LogP contribution in [0, 0.1) is 0 Å². The minimum absolute atomic E-state index is 0.131. The summed E-state index contributed by atoms with van der Waals surface area (Å²) < 4.78 is 5.19. The number of aromatic nitrogens is 2. The summed E-state index contributed by atoms with van der Waals surface area (Å²) in [5.74, 6) is 0.942. The second kappa shape index (κ2) is 7.10. The fourth-order valence-corrected chi connectivity index (χ4v) is 2.50. The van der Waals surface area contributed by atoms with Crippen LogP contribution in [0.25, 0.3) is 0 Å². The molecule has 2 amide bonds. The summed E-state index contributed by atoms with van der Waals surface area (Å²) in [6, 6.07) is 1.00. The molecule has 3 N–H and O–H groups in total. The number of thiophene rings is 1. The maximum atomic E-state index is 11.9. The predicted molar refractivity (Wildman–Crippen MR) is 87.2 cm³/mol. The molecule has 23 heavy (non-hydrogen) atoms. The van der Waals surface area contributed by atoms with Gasteiger partial charge >= 0.3 is 6.03 Å². The zero-order valence-corrected chi connectivity index (χ0v) is 14.5. The van der Waals surface area contributed by atoms with Gasteiger partial charge in [-0.15, -0.1) is 0 Å². The van der Waals surface area contributed by atoms with Gasteiger partial charge in [0.15, 0.2) is 5.82 Å². The van der Waals surface area contributed by atoms with Crippen molar-refractivity contribution >= 4 is 17.4 Å². The molecule has 2 unspecified atom stereocenters. The van der Waals surface area contributed by atoms with Gasteiger partial charge in [-0.25, -0.2) is 4.79 Å². The van der Waals surface area contributed by atoms with E-state index < -0.39 is 18.2 Å². The maximum absolute atomic E-state index is 11.9. The Hall–Kier alpha value is -1.93. The number of nitrogens with zero attached hydrogens (tertiary/aromatic N) is 2. The summed E-state index contributed by atoms with van der Waals surface area (Å²) in [5.41, 5.74) is 0.573. The Morgan fingerprint density at radius 2 is 2.22 bits per heavy atom. The molecule has 0 saturated heterocycles. The Morgan fingerprint density at radius 1 is 1.48 bits per heavy atom. The van der Waals surface area contributed by atoms with Crippen molar-refractivity contribution in [3.63, 3.8) is 0 Å². The van der Waals surface area contributed by atoms with Crippen molar-refractivity contribution in [2.75, 3.05) is 6.54 Å². The average molecular weight is 338 g/mol. The van der Waals surface area contributed by atoms with Crippen LogP contribution in [0.1, 0.15) is 57.1 Å². The van der Waals surface area contributed by atoms with E-state index in [4.69, 9.17) is 4.52 Å².